The van der Waals surface area contributed by atoms with Crippen LogP contribution in [0.2, 0.25) is 36.3 Å². The Labute approximate surface area is 245 Å². The Bertz CT molecular complexity index is 1060. The molecule has 2 rings (SSSR count). The van der Waals surface area contributed by atoms with Gasteiger partial charge in [0.2, 0.25) is 0 Å². The van der Waals surface area contributed by atoms with Gasteiger partial charge in [-0.25, -0.2) is 4.79 Å². The molecule has 0 aliphatic rings. The second-order valence-corrected chi connectivity index (χ2v) is 23.3. The molecule has 40 heavy (non-hydrogen) atoms. The minimum Gasteiger partial charge on any atom is -0.494 e. The van der Waals surface area contributed by atoms with E-state index in [0.29, 0.717) is 19.8 Å². The summed E-state index contributed by atoms with van der Waals surface area (Å²) in [6.45, 7) is 25.0. The molecule has 0 N–H and O–H groups in total. The van der Waals surface area contributed by atoms with E-state index in [1.165, 1.54) is 13.2 Å². The van der Waals surface area contributed by atoms with Crippen molar-refractivity contribution >= 4 is 28.7 Å². The summed E-state index contributed by atoms with van der Waals surface area (Å²) in [6.07, 6.45) is 4.05. The second kappa shape index (κ2) is 14.1. The summed E-state index contributed by atoms with van der Waals surface area (Å²) in [5.41, 5.74) is 3.16. The third-order valence-corrected chi connectivity index (χ3v) is 17.5. The molecule has 0 aromatic heterocycles. The van der Waals surface area contributed by atoms with Crippen LogP contribution >= 0.6 is 0 Å². The Morgan fingerprint density at radius 3 is 1.65 bits per heavy atom. The van der Waals surface area contributed by atoms with Gasteiger partial charge >= 0.3 is 5.97 Å². The van der Waals surface area contributed by atoms with Gasteiger partial charge in [0.1, 0.15) is 5.75 Å². The molecule has 0 heterocycles. The second-order valence-electron chi connectivity index (χ2n) is 13.6. The predicted molar refractivity (Wildman–Crippen MR) is 173 cm³/mol. The summed E-state index contributed by atoms with van der Waals surface area (Å²) in [6, 6.07) is 16.3. The topological polar surface area (TPSA) is 54.0 Å². The molecule has 0 unspecified atom stereocenters. The number of carbonyl (C=O) groups excluding carboxylic acids is 1. The van der Waals surface area contributed by atoms with Crippen LogP contribution in [-0.2, 0) is 18.4 Å². The van der Waals surface area contributed by atoms with E-state index in [-0.39, 0.29) is 22.0 Å². The van der Waals surface area contributed by atoms with Gasteiger partial charge in [0, 0.05) is 25.2 Å². The van der Waals surface area contributed by atoms with Crippen molar-refractivity contribution in [1.82, 2.24) is 0 Å². The Morgan fingerprint density at radius 2 is 1.23 bits per heavy atom. The van der Waals surface area contributed by atoms with Crippen LogP contribution in [0.5, 0.6) is 5.75 Å². The minimum absolute atomic E-state index is 0.177. The third-order valence-electron chi connectivity index (χ3n) is 8.48. The van der Waals surface area contributed by atoms with Crippen molar-refractivity contribution in [2.75, 3.05) is 26.9 Å². The van der Waals surface area contributed by atoms with Crippen LogP contribution < -0.4 is 4.74 Å². The molecule has 0 atom stereocenters. The highest BCUT2D eigenvalue weighted by Crippen LogP contribution is 2.38. The number of hydrogen-bond donors (Lipinski definition) is 0. The maximum atomic E-state index is 11.3. The molecule has 0 bridgehead atoms. The zero-order chi connectivity index (χ0) is 30.2. The smallest absolute Gasteiger partial charge is 0.330 e. The van der Waals surface area contributed by atoms with Crippen LogP contribution in [0.1, 0.15) is 53.5 Å². The first kappa shape index (κ1) is 34.0. The zero-order valence-electron chi connectivity index (χ0n) is 26.7. The van der Waals surface area contributed by atoms with Gasteiger partial charge in [-0.1, -0.05) is 77.9 Å². The van der Waals surface area contributed by atoms with Gasteiger partial charge in [0.15, 0.2) is 16.6 Å². The van der Waals surface area contributed by atoms with Crippen molar-refractivity contribution in [2.45, 2.75) is 84.2 Å². The molecule has 0 amide bonds. The molecule has 0 radical (unpaired) electrons. The van der Waals surface area contributed by atoms with E-state index in [4.69, 9.17) is 13.6 Å². The van der Waals surface area contributed by atoms with Crippen LogP contribution in [0, 0.1) is 5.92 Å². The lowest BCUT2D eigenvalue weighted by molar-refractivity contribution is -0.134. The Kier molecular flexibility index (Phi) is 12.0. The van der Waals surface area contributed by atoms with E-state index < -0.39 is 16.6 Å². The molecule has 7 heteroatoms. The molecule has 222 valence electrons. The SMILES string of the molecule is COC(=O)/C=C/c1ccc(-c2ccc(OCCC(CO[Si](C)(C)C(C)(C)C)CO[Si](C)(C)C(C)(C)C)cc2)cc1. The van der Waals surface area contributed by atoms with E-state index in [1.807, 2.05) is 36.4 Å². The van der Waals surface area contributed by atoms with Gasteiger partial charge in [0.25, 0.3) is 0 Å². The highest BCUT2D eigenvalue weighted by atomic mass is 28.4. The highest BCUT2D eigenvalue weighted by Gasteiger charge is 2.39. The molecule has 0 aliphatic carbocycles. The van der Waals surface area contributed by atoms with Crippen molar-refractivity contribution in [3.63, 3.8) is 0 Å². The first-order valence-corrected chi connectivity index (χ1v) is 20.1. The van der Waals surface area contributed by atoms with Crippen molar-refractivity contribution in [3.05, 3.63) is 60.2 Å². The van der Waals surface area contributed by atoms with Gasteiger partial charge in [-0.05, 0) is 77.6 Å². The highest BCUT2D eigenvalue weighted by molar-refractivity contribution is 6.74. The van der Waals surface area contributed by atoms with E-state index in [2.05, 4.69) is 84.6 Å². The first-order chi connectivity index (χ1) is 18.4. The third kappa shape index (κ3) is 10.3. The lowest BCUT2D eigenvalue weighted by Crippen LogP contribution is -2.44. The van der Waals surface area contributed by atoms with Gasteiger partial charge in [-0.15, -0.1) is 0 Å². The Morgan fingerprint density at radius 1 is 0.775 bits per heavy atom. The fraction of sp³-hybridized carbons (Fsp3) is 0.545. The maximum Gasteiger partial charge on any atom is 0.330 e. The van der Waals surface area contributed by atoms with Crippen molar-refractivity contribution in [2.24, 2.45) is 5.92 Å². The largest absolute Gasteiger partial charge is 0.494 e. The van der Waals surface area contributed by atoms with Crippen LogP contribution in [0.3, 0.4) is 0 Å². The Balaban J connectivity index is 2.00. The normalized spacial score (nSPS) is 13.2. The van der Waals surface area contributed by atoms with E-state index in [9.17, 15) is 4.79 Å². The van der Waals surface area contributed by atoms with Gasteiger partial charge in [-0.3, -0.25) is 0 Å². The fourth-order valence-electron chi connectivity index (χ4n) is 3.41. The predicted octanol–water partition coefficient (Wildman–Crippen LogP) is 8.97. The maximum absolute atomic E-state index is 11.3. The summed E-state index contributed by atoms with van der Waals surface area (Å²) in [4.78, 5) is 11.3. The lowest BCUT2D eigenvalue weighted by Gasteiger charge is -2.39. The average molecular weight is 585 g/mol. The average Bonchev–Trinajstić information content (AvgIpc) is 2.88. The van der Waals surface area contributed by atoms with Gasteiger partial charge < -0.3 is 18.3 Å². The summed E-state index contributed by atoms with van der Waals surface area (Å²) >= 11 is 0. The van der Waals surface area contributed by atoms with E-state index >= 15 is 0 Å². The molecule has 2 aromatic carbocycles. The van der Waals surface area contributed by atoms with E-state index in [1.54, 1.807) is 6.08 Å². The van der Waals surface area contributed by atoms with E-state index in [0.717, 1.165) is 28.9 Å². The minimum atomic E-state index is -1.85. The molecular weight excluding hydrogens is 533 g/mol. The van der Waals surface area contributed by atoms with Crippen molar-refractivity contribution in [1.29, 1.82) is 0 Å². The number of hydrogen-bond acceptors (Lipinski definition) is 5. The standard InChI is InChI=1S/C33H52O5Si2/c1-32(2,3)39(8,9)37-24-27(25-38-40(10,11)33(4,5)6)22-23-36-30-19-17-29(18-20-30)28-15-12-26(13-16-28)14-21-31(34)35-7/h12-21,27H,22-25H2,1-11H3/b21-14+. The molecule has 0 aliphatic heterocycles. The summed E-state index contributed by atoms with van der Waals surface area (Å²) in [5, 5.41) is 0.353. The lowest BCUT2D eigenvalue weighted by atomic mass is 10.0. The van der Waals surface area contributed by atoms with Crippen LogP contribution in [0.25, 0.3) is 17.2 Å². The molecule has 0 fully saturated rings. The van der Waals surface area contributed by atoms with Gasteiger partial charge in [0.05, 0.1) is 13.7 Å². The molecule has 0 saturated carbocycles. The molecule has 5 nitrogen and oxygen atoms in total. The van der Waals surface area contributed by atoms with Crippen LogP contribution in [-0.4, -0.2) is 49.5 Å². The number of benzene rings is 2. The molecule has 2 aromatic rings. The summed E-state index contributed by atoms with van der Waals surface area (Å²) in [5.74, 6) is 0.780. The zero-order valence-corrected chi connectivity index (χ0v) is 28.7. The number of carbonyl (C=O) groups is 1. The fourth-order valence-corrected chi connectivity index (χ4v) is 5.58. The first-order valence-electron chi connectivity index (χ1n) is 14.3. The molecular formula is C33H52O5Si2. The Hall–Kier alpha value is -2.20. The quantitative estimate of drug-likeness (QED) is 0.134. The van der Waals surface area contributed by atoms with Crippen molar-refractivity contribution in [3.8, 4) is 16.9 Å². The number of methoxy groups -OCH3 is 1. The van der Waals surface area contributed by atoms with Gasteiger partial charge in [-0.2, -0.15) is 0 Å². The monoisotopic (exact) mass is 584 g/mol. The van der Waals surface area contributed by atoms with Crippen LogP contribution in [0.15, 0.2) is 54.6 Å². The number of rotatable bonds is 13. The number of ether oxygens (including phenoxy) is 2. The number of esters is 1. The summed E-state index contributed by atoms with van der Waals surface area (Å²) < 4.78 is 24.0. The van der Waals surface area contributed by atoms with Crippen molar-refractivity contribution < 1.29 is 23.1 Å². The molecule has 0 spiro atoms. The van der Waals surface area contributed by atoms with Crippen LogP contribution in [0.4, 0.5) is 0 Å². The summed E-state index contributed by atoms with van der Waals surface area (Å²) in [7, 11) is -2.32. The molecule has 0 saturated heterocycles.